The Labute approximate surface area is 142 Å². The summed E-state index contributed by atoms with van der Waals surface area (Å²) in [6.07, 6.45) is 0. The molecule has 1 aromatic heterocycles. The van der Waals surface area contributed by atoms with E-state index in [1.807, 2.05) is 41.9 Å². The lowest BCUT2D eigenvalue weighted by molar-refractivity contribution is 0.414. The first kappa shape index (κ1) is 16.3. The monoisotopic (exact) mass is 321 g/mol. The van der Waals surface area contributed by atoms with E-state index in [4.69, 9.17) is 10.5 Å². The van der Waals surface area contributed by atoms with Crippen molar-refractivity contribution in [1.29, 1.82) is 0 Å². The summed E-state index contributed by atoms with van der Waals surface area (Å²) >= 11 is 0. The van der Waals surface area contributed by atoms with Crippen molar-refractivity contribution in [2.75, 3.05) is 13.7 Å². The Hall–Kier alpha value is -2.59. The summed E-state index contributed by atoms with van der Waals surface area (Å²) in [4.78, 5) is 0. The largest absolute Gasteiger partial charge is 0.497 e. The van der Waals surface area contributed by atoms with Crippen molar-refractivity contribution in [3.05, 3.63) is 77.1 Å². The van der Waals surface area contributed by atoms with Crippen LogP contribution in [0.15, 0.2) is 54.6 Å². The van der Waals surface area contributed by atoms with Gasteiger partial charge >= 0.3 is 0 Å². The van der Waals surface area contributed by atoms with E-state index in [0.29, 0.717) is 6.54 Å². The number of aryl methyl sites for hydroxylation is 2. The van der Waals surface area contributed by atoms with E-state index in [0.717, 1.165) is 22.8 Å². The molecule has 0 saturated heterocycles. The summed E-state index contributed by atoms with van der Waals surface area (Å²) in [5.74, 6) is 0.942. The van der Waals surface area contributed by atoms with E-state index in [-0.39, 0.29) is 5.92 Å². The molecule has 4 heteroatoms. The summed E-state index contributed by atoms with van der Waals surface area (Å²) in [5.41, 5.74) is 11.7. The third kappa shape index (κ3) is 3.05. The molecule has 0 amide bonds. The Morgan fingerprint density at radius 1 is 1.08 bits per heavy atom. The molecule has 1 unspecified atom stereocenters. The second-order valence-corrected chi connectivity index (χ2v) is 5.97. The molecule has 0 radical (unpaired) electrons. The van der Waals surface area contributed by atoms with E-state index in [1.165, 1.54) is 11.1 Å². The Balaban J connectivity index is 2.10. The Bertz CT molecular complexity index is 824. The molecule has 0 fully saturated rings. The number of aromatic nitrogens is 2. The van der Waals surface area contributed by atoms with Gasteiger partial charge in [-0.1, -0.05) is 24.3 Å². The minimum Gasteiger partial charge on any atom is -0.497 e. The molecule has 0 saturated carbocycles. The van der Waals surface area contributed by atoms with Crippen LogP contribution in [0.5, 0.6) is 5.75 Å². The molecule has 1 heterocycles. The van der Waals surface area contributed by atoms with E-state index in [2.05, 4.69) is 36.3 Å². The zero-order valence-electron chi connectivity index (χ0n) is 14.4. The van der Waals surface area contributed by atoms with Crippen LogP contribution in [-0.2, 0) is 0 Å². The highest BCUT2D eigenvalue weighted by Crippen LogP contribution is 2.30. The highest BCUT2D eigenvalue weighted by molar-refractivity contribution is 5.43. The highest BCUT2D eigenvalue weighted by Gasteiger charge is 2.21. The first-order chi connectivity index (χ1) is 11.6. The molecule has 124 valence electrons. The van der Waals surface area contributed by atoms with Crippen LogP contribution in [0.3, 0.4) is 0 Å². The fourth-order valence-electron chi connectivity index (χ4n) is 3.12. The Kier molecular flexibility index (Phi) is 4.67. The fraction of sp³-hybridized carbons (Fsp3) is 0.250. The molecule has 0 aliphatic rings. The van der Waals surface area contributed by atoms with Crippen molar-refractivity contribution < 1.29 is 4.74 Å². The van der Waals surface area contributed by atoms with Crippen LogP contribution in [0.1, 0.15) is 28.4 Å². The zero-order valence-corrected chi connectivity index (χ0v) is 14.4. The molecule has 2 aromatic carbocycles. The average molecular weight is 321 g/mol. The van der Waals surface area contributed by atoms with Gasteiger partial charge in [0.05, 0.1) is 24.2 Å². The molecule has 0 aliphatic heterocycles. The lowest BCUT2D eigenvalue weighted by atomic mass is 9.91. The average Bonchev–Trinajstić information content (AvgIpc) is 2.99. The van der Waals surface area contributed by atoms with Gasteiger partial charge in [0.15, 0.2) is 0 Å². The van der Waals surface area contributed by atoms with Gasteiger partial charge in [-0.05, 0) is 55.3 Å². The van der Waals surface area contributed by atoms with Crippen LogP contribution >= 0.6 is 0 Å². The number of hydrogen-bond donors (Lipinski definition) is 1. The number of hydrogen-bond acceptors (Lipinski definition) is 3. The lowest BCUT2D eigenvalue weighted by Gasteiger charge is -2.20. The molecule has 1 atom stereocenters. The van der Waals surface area contributed by atoms with Crippen LogP contribution in [-0.4, -0.2) is 23.4 Å². The number of methoxy groups -OCH3 is 1. The van der Waals surface area contributed by atoms with Crippen molar-refractivity contribution in [3.63, 3.8) is 0 Å². The van der Waals surface area contributed by atoms with Crippen molar-refractivity contribution in [3.8, 4) is 11.4 Å². The minimum atomic E-state index is 0.0808. The predicted octanol–water partition coefficient (Wildman–Crippen LogP) is 3.59. The Morgan fingerprint density at radius 3 is 2.46 bits per heavy atom. The molecular formula is C20H23N3O. The summed E-state index contributed by atoms with van der Waals surface area (Å²) in [6, 6.07) is 18.4. The predicted molar refractivity (Wildman–Crippen MR) is 96.9 cm³/mol. The van der Waals surface area contributed by atoms with Crippen LogP contribution in [0.4, 0.5) is 0 Å². The first-order valence-corrected chi connectivity index (χ1v) is 8.10. The molecule has 0 spiro atoms. The molecule has 24 heavy (non-hydrogen) atoms. The van der Waals surface area contributed by atoms with E-state index < -0.39 is 0 Å². The third-order valence-corrected chi connectivity index (χ3v) is 4.30. The summed E-state index contributed by atoms with van der Waals surface area (Å²) in [6.45, 7) is 4.62. The van der Waals surface area contributed by atoms with Crippen molar-refractivity contribution in [1.82, 2.24) is 9.78 Å². The summed E-state index contributed by atoms with van der Waals surface area (Å²) < 4.78 is 7.31. The normalized spacial score (nSPS) is 12.2. The summed E-state index contributed by atoms with van der Waals surface area (Å²) in [7, 11) is 1.68. The SMILES string of the molecule is COc1ccc(C(CN)c2cc(C)nn2-c2ccccc2)c(C)c1. The van der Waals surface area contributed by atoms with Gasteiger partial charge in [0, 0.05) is 12.5 Å². The van der Waals surface area contributed by atoms with Crippen molar-refractivity contribution >= 4 is 0 Å². The van der Waals surface area contributed by atoms with Crippen molar-refractivity contribution in [2.45, 2.75) is 19.8 Å². The van der Waals surface area contributed by atoms with Gasteiger partial charge in [-0.3, -0.25) is 0 Å². The standard InChI is InChI=1S/C20H23N3O/c1-14-11-17(24-3)9-10-18(14)19(13-21)20-12-15(2)22-23(20)16-7-5-4-6-8-16/h4-12,19H,13,21H2,1-3H3. The minimum absolute atomic E-state index is 0.0808. The van der Waals surface area contributed by atoms with Gasteiger partial charge in [-0.15, -0.1) is 0 Å². The van der Waals surface area contributed by atoms with Crippen LogP contribution < -0.4 is 10.5 Å². The number of nitrogens with two attached hydrogens (primary N) is 1. The fourth-order valence-corrected chi connectivity index (χ4v) is 3.12. The second-order valence-electron chi connectivity index (χ2n) is 5.97. The number of nitrogens with zero attached hydrogens (tertiary/aromatic N) is 2. The molecular weight excluding hydrogens is 298 g/mol. The molecule has 2 N–H and O–H groups in total. The van der Waals surface area contributed by atoms with Gasteiger partial charge in [0.25, 0.3) is 0 Å². The maximum absolute atomic E-state index is 6.16. The molecule has 3 rings (SSSR count). The Morgan fingerprint density at radius 2 is 1.83 bits per heavy atom. The number of ether oxygens (including phenoxy) is 1. The molecule has 3 aromatic rings. The van der Waals surface area contributed by atoms with E-state index >= 15 is 0 Å². The van der Waals surface area contributed by atoms with Crippen LogP contribution in [0.2, 0.25) is 0 Å². The summed E-state index contributed by atoms with van der Waals surface area (Å²) in [5, 5.41) is 4.68. The number of benzene rings is 2. The van der Waals surface area contributed by atoms with E-state index in [9.17, 15) is 0 Å². The second kappa shape index (κ2) is 6.89. The highest BCUT2D eigenvalue weighted by atomic mass is 16.5. The number of para-hydroxylation sites is 1. The van der Waals surface area contributed by atoms with Gasteiger partial charge < -0.3 is 10.5 Å². The molecule has 4 nitrogen and oxygen atoms in total. The van der Waals surface area contributed by atoms with Crippen LogP contribution in [0.25, 0.3) is 5.69 Å². The van der Waals surface area contributed by atoms with E-state index in [1.54, 1.807) is 7.11 Å². The maximum Gasteiger partial charge on any atom is 0.119 e. The number of rotatable bonds is 5. The van der Waals surface area contributed by atoms with Gasteiger partial charge in [-0.2, -0.15) is 5.10 Å². The zero-order chi connectivity index (χ0) is 17.1. The third-order valence-electron chi connectivity index (χ3n) is 4.30. The first-order valence-electron chi connectivity index (χ1n) is 8.10. The molecule has 0 aliphatic carbocycles. The topological polar surface area (TPSA) is 53.1 Å². The smallest absolute Gasteiger partial charge is 0.119 e. The lowest BCUT2D eigenvalue weighted by Crippen LogP contribution is -2.18. The van der Waals surface area contributed by atoms with Gasteiger partial charge in [-0.25, -0.2) is 4.68 Å². The maximum atomic E-state index is 6.16. The van der Waals surface area contributed by atoms with Gasteiger partial charge in [0.2, 0.25) is 0 Å². The van der Waals surface area contributed by atoms with Gasteiger partial charge in [0.1, 0.15) is 5.75 Å². The van der Waals surface area contributed by atoms with Crippen LogP contribution in [0, 0.1) is 13.8 Å². The quantitative estimate of drug-likeness (QED) is 0.781. The van der Waals surface area contributed by atoms with Crippen molar-refractivity contribution in [2.24, 2.45) is 5.73 Å². The molecule has 0 bridgehead atoms.